The highest BCUT2D eigenvalue weighted by Crippen LogP contribution is 2.49. The number of amides is 1. The Hall–Kier alpha value is -2.83. The molecule has 4 aliphatic carbocycles. The quantitative estimate of drug-likeness (QED) is 0.167. The fraction of sp³-hybridized carbons (Fsp3) is 0.558. The number of carbonyl (C=O) groups excluding carboxylic acids is 1. The van der Waals surface area contributed by atoms with Gasteiger partial charge in [0.1, 0.15) is 28.5 Å². The minimum Gasteiger partial charge on any atom is -0.444 e. The maximum absolute atomic E-state index is 12.5. The van der Waals surface area contributed by atoms with Gasteiger partial charge in [-0.1, -0.05) is 68.8 Å². The second-order valence-corrected chi connectivity index (χ2v) is 19.2. The molecule has 57 heavy (non-hydrogen) atoms. The lowest BCUT2D eigenvalue weighted by molar-refractivity contribution is -0.0219. The van der Waals surface area contributed by atoms with Crippen molar-refractivity contribution >= 4 is 52.5 Å². The van der Waals surface area contributed by atoms with Crippen LogP contribution in [0.1, 0.15) is 107 Å². The van der Waals surface area contributed by atoms with Crippen LogP contribution in [0.15, 0.2) is 45.4 Å². The van der Waals surface area contributed by atoms with Crippen LogP contribution in [0.5, 0.6) is 0 Å². The van der Waals surface area contributed by atoms with Crippen LogP contribution in [0.3, 0.4) is 0 Å². The number of nitrogens with one attached hydrogen (secondary N) is 1. The first-order chi connectivity index (χ1) is 27.4. The number of benzene rings is 2. The van der Waals surface area contributed by atoms with Gasteiger partial charge in [-0.05, 0) is 102 Å². The fourth-order valence-electron chi connectivity index (χ4n) is 9.12. The topological polar surface area (TPSA) is 112 Å². The molecule has 2 aromatic carbocycles. The second kappa shape index (κ2) is 16.0. The smallest absolute Gasteiger partial charge is 0.410 e. The molecule has 0 radical (unpaired) electrons. The van der Waals surface area contributed by atoms with Crippen molar-refractivity contribution in [2.45, 2.75) is 127 Å². The van der Waals surface area contributed by atoms with Gasteiger partial charge < -0.3 is 33.5 Å². The second-order valence-electron chi connectivity index (χ2n) is 17.5. The van der Waals surface area contributed by atoms with Gasteiger partial charge in [-0.25, -0.2) is 4.79 Å². The summed E-state index contributed by atoms with van der Waals surface area (Å²) in [5, 5.41) is 14.5. The molecular formula is C43H48Cl4N4O6. The molecule has 304 valence electrons. The van der Waals surface area contributed by atoms with E-state index in [2.05, 4.69) is 15.6 Å². The van der Waals surface area contributed by atoms with E-state index in [0.717, 1.165) is 85.4 Å². The molecule has 1 N–H and O–H groups in total. The molecule has 1 amide bonds. The third-order valence-electron chi connectivity index (χ3n) is 12.2. The summed E-state index contributed by atoms with van der Waals surface area (Å²) >= 11 is 25.7. The number of aromatic nitrogens is 2. The zero-order chi connectivity index (χ0) is 39.6. The zero-order valence-corrected chi connectivity index (χ0v) is 35.4. The van der Waals surface area contributed by atoms with Gasteiger partial charge in [-0.3, -0.25) is 0 Å². The Bertz CT molecular complexity index is 2090. The summed E-state index contributed by atoms with van der Waals surface area (Å²) < 4.78 is 29.7. The summed E-state index contributed by atoms with van der Waals surface area (Å²) in [6.07, 6.45) is 8.76. The lowest BCUT2D eigenvalue weighted by Crippen LogP contribution is -2.44. The van der Waals surface area contributed by atoms with Gasteiger partial charge in [0.25, 0.3) is 0 Å². The Morgan fingerprint density at radius 2 is 1.26 bits per heavy atom. The Balaban J connectivity index is 0.000000153. The molecule has 4 heterocycles. The van der Waals surface area contributed by atoms with Crippen molar-refractivity contribution in [3.63, 3.8) is 0 Å². The van der Waals surface area contributed by atoms with Crippen LogP contribution in [0.4, 0.5) is 4.79 Å². The number of rotatable bonds is 10. The van der Waals surface area contributed by atoms with Crippen LogP contribution in [-0.2, 0) is 27.4 Å². The lowest BCUT2D eigenvalue weighted by atomic mass is 10.0. The lowest BCUT2D eigenvalue weighted by Gasteiger charge is -2.33. The number of hydrogen-bond donors (Lipinski definition) is 1. The predicted molar refractivity (Wildman–Crippen MR) is 219 cm³/mol. The Labute approximate surface area is 353 Å². The van der Waals surface area contributed by atoms with Crippen molar-refractivity contribution < 1.29 is 28.1 Å². The minimum absolute atomic E-state index is 0.0928. The van der Waals surface area contributed by atoms with Crippen molar-refractivity contribution in [2.75, 3.05) is 13.1 Å². The maximum atomic E-state index is 12.5. The number of nitrogens with zero attached hydrogens (tertiary/aromatic N) is 3. The van der Waals surface area contributed by atoms with Crippen LogP contribution in [0, 0.1) is 11.8 Å². The molecule has 14 heteroatoms. The first-order valence-corrected chi connectivity index (χ1v) is 21.7. The maximum Gasteiger partial charge on any atom is 0.410 e. The largest absolute Gasteiger partial charge is 0.444 e. The highest BCUT2D eigenvalue weighted by molar-refractivity contribution is 6.39. The molecule has 10 rings (SSSR count). The molecule has 2 aromatic heterocycles. The molecule has 6 fully saturated rings. The first kappa shape index (κ1) is 39.6. The molecule has 4 aromatic rings. The Morgan fingerprint density at radius 3 is 1.67 bits per heavy atom. The van der Waals surface area contributed by atoms with Crippen molar-refractivity contribution in [3.05, 3.63) is 79.1 Å². The summed E-state index contributed by atoms with van der Waals surface area (Å²) in [7, 11) is 0. The van der Waals surface area contributed by atoms with E-state index in [-0.39, 0.29) is 18.2 Å². The highest BCUT2D eigenvalue weighted by atomic mass is 35.5. The molecule has 4 bridgehead atoms. The van der Waals surface area contributed by atoms with Gasteiger partial charge in [0.05, 0.1) is 45.5 Å². The number of piperidine rings is 2. The SMILES string of the molecule is CC(C)(C)OC(=O)N1C[C@H]2C[C@@H]1C[C@@H]2OCc1c(-c2c(Cl)cccc2Cl)noc1C1CC1.Clc1cccc(Cl)c1-c1noc(C2CC2)c1CO[C@H]1C[C@H]2C[C@@H]1CN2. The molecule has 6 aliphatic rings. The summed E-state index contributed by atoms with van der Waals surface area (Å²) in [5.74, 6) is 3.62. The summed E-state index contributed by atoms with van der Waals surface area (Å²) in [5.41, 5.74) is 4.31. The number of fused-ring (bicyclic) bond motifs is 4. The van der Waals surface area contributed by atoms with Crippen molar-refractivity contribution in [1.82, 2.24) is 20.5 Å². The van der Waals surface area contributed by atoms with E-state index >= 15 is 0 Å². The van der Waals surface area contributed by atoms with Crippen LogP contribution >= 0.6 is 46.4 Å². The van der Waals surface area contributed by atoms with Gasteiger partial charge in [0.15, 0.2) is 0 Å². The normalized spacial score (nSPS) is 26.3. The van der Waals surface area contributed by atoms with Gasteiger partial charge in [0, 0.05) is 65.2 Å². The van der Waals surface area contributed by atoms with E-state index < -0.39 is 5.60 Å². The molecule has 2 aliphatic heterocycles. The van der Waals surface area contributed by atoms with E-state index in [1.54, 1.807) is 12.1 Å². The summed E-state index contributed by atoms with van der Waals surface area (Å²) in [6.45, 7) is 8.33. The van der Waals surface area contributed by atoms with E-state index in [0.29, 0.717) is 86.9 Å². The minimum atomic E-state index is -0.487. The average molecular weight is 859 g/mol. The Morgan fingerprint density at radius 1 is 0.754 bits per heavy atom. The van der Waals surface area contributed by atoms with Crippen LogP contribution in [0.2, 0.25) is 20.1 Å². The van der Waals surface area contributed by atoms with Crippen molar-refractivity contribution in [1.29, 1.82) is 0 Å². The molecule has 4 saturated carbocycles. The van der Waals surface area contributed by atoms with E-state index in [9.17, 15) is 4.79 Å². The molecule has 0 spiro atoms. The average Bonchev–Trinajstić information content (AvgIpc) is 3.79. The summed E-state index contributed by atoms with van der Waals surface area (Å²) in [4.78, 5) is 14.4. The molecule has 10 nitrogen and oxygen atoms in total. The van der Waals surface area contributed by atoms with Crippen LogP contribution in [-0.4, -0.2) is 64.3 Å². The third kappa shape index (κ3) is 8.34. The van der Waals surface area contributed by atoms with Gasteiger partial charge >= 0.3 is 6.09 Å². The van der Waals surface area contributed by atoms with Crippen LogP contribution in [0.25, 0.3) is 22.5 Å². The predicted octanol–water partition coefficient (Wildman–Crippen LogP) is 11.2. The van der Waals surface area contributed by atoms with E-state index in [4.69, 9.17) is 69.7 Å². The molecule has 6 atom stereocenters. The van der Waals surface area contributed by atoms with Crippen molar-refractivity contribution in [3.8, 4) is 22.5 Å². The van der Waals surface area contributed by atoms with E-state index in [1.807, 2.05) is 49.9 Å². The standard InChI is InChI=1S/C24H28Cl2N2O4.C19H20Cl2N2O2/c1-24(2,3)31-23(29)28-11-14-9-15(28)10-19(14)30-12-16-21(27-32-22(16)13-7-8-13)20-17(25)5-4-6-18(20)26;20-14-2-1-3-15(21)17(14)18-13(19(25-23-18)10-4-5-10)9-24-16-7-12-6-11(16)8-22-12/h4-6,13-15,19H,7-12H2,1-3H3;1-3,10-12,16,22H,4-9H2/t14-,15-,19+;11-,12-,16+/m11/s1. The molecule has 2 saturated heterocycles. The number of carbonyl (C=O) groups is 1. The fourth-order valence-corrected chi connectivity index (χ4v) is 10.3. The number of likely N-dealkylation sites (tertiary alicyclic amines) is 1. The number of ether oxygens (including phenoxy) is 3. The van der Waals surface area contributed by atoms with Gasteiger partial charge in [-0.15, -0.1) is 0 Å². The number of halogens is 4. The van der Waals surface area contributed by atoms with Crippen LogP contribution < -0.4 is 5.32 Å². The van der Waals surface area contributed by atoms with E-state index in [1.165, 1.54) is 6.42 Å². The molecule has 0 unspecified atom stereocenters. The first-order valence-electron chi connectivity index (χ1n) is 20.2. The zero-order valence-electron chi connectivity index (χ0n) is 32.4. The Kier molecular flexibility index (Phi) is 11.1. The van der Waals surface area contributed by atoms with Crippen molar-refractivity contribution in [2.24, 2.45) is 11.8 Å². The van der Waals surface area contributed by atoms with Gasteiger partial charge in [0.2, 0.25) is 0 Å². The monoisotopic (exact) mass is 856 g/mol. The molecular weight excluding hydrogens is 810 g/mol. The highest BCUT2D eigenvalue weighted by Gasteiger charge is 2.48. The van der Waals surface area contributed by atoms with Gasteiger partial charge in [-0.2, -0.15) is 0 Å². The number of hydrogen-bond acceptors (Lipinski definition) is 9. The third-order valence-corrected chi connectivity index (χ3v) is 13.5. The summed E-state index contributed by atoms with van der Waals surface area (Å²) in [6, 6.07) is 11.7.